The van der Waals surface area contributed by atoms with Crippen LogP contribution in [0.15, 0.2) is 30.6 Å². The molecular weight excluding hydrogens is 446 g/mol. The van der Waals surface area contributed by atoms with Crippen LogP contribution in [0.3, 0.4) is 0 Å². The van der Waals surface area contributed by atoms with Crippen molar-refractivity contribution < 1.29 is 9.59 Å². The normalized spacial score (nSPS) is 15.1. The molecule has 2 aliphatic rings. The predicted octanol–water partition coefficient (Wildman–Crippen LogP) is 1.78. The molecule has 6 heterocycles. The number of carbonyl (C=O) groups excluding carboxylic acids is 2. The molecule has 0 spiro atoms. The monoisotopic (exact) mass is 469 g/mol. The quantitative estimate of drug-likeness (QED) is 0.412. The van der Waals surface area contributed by atoms with Gasteiger partial charge in [0.25, 0.3) is 5.91 Å². The molecular formula is C24H23N9O2. The highest BCUT2D eigenvalue weighted by atomic mass is 16.2. The summed E-state index contributed by atoms with van der Waals surface area (Å²) in [6.07, 6.45) is 4.08. The molecule has 0 radical (unpaired) electrons. The maximum atomic E-state index is 12.3. The Bertz CT molecular complexity index is 1540. The number of nitrogens with one attached hydrogen (secondary N) is 2. The summed E-state index contributed by atoms with van der Waals surface area (Å²) in [4.78, 5) is 39.3. The average Bonchev–Trinajstić information content (AvgIpc) is 3.27. The van der Waals surface area contributed by atoms with Gasteiger partial charge in [-0.25, -0.2) is 15.0 Å². The lowest BCUT2D eigenvalue weighted by molar-refractivity contribution is -0.121. The molecule has 0 aliphatic carbocycles. The smallest absolute Gasteiger partial charge is 0.272 e. The van der Waals surface area contributed by atoms with Crippen molar-refractivity contribution in [2.75, 3.05) is 24.6 Å². The zero-order valence-corrected chi connectivity index (χ0v) is 19.3. The Labute approximate surface area is 200 Å². The third kappa shape index (κ3) is 3.52. The lowest BCUT2D eigenvalue weighted by atomic mass is 10.00. The summed E-state index contributed by atoms with van der Waals surface area (Å²) >= 11 is 0. The van der Waals surface area contributed by atoms with Gasteiger partial charge in [-0.3, -0.25) is 14.3 Å². The fourth-order valence-corrected chi connectivity index (χ4v) is 4.66. The number of hydrogen-bond donors (Lipinski definition) is 3. The van der Waals surface area contributed by atoms with Crippen LogP contribution in [0, 0.1) is 6.92 Å². The highest BCUT2D eigenvalue weighted by Crippen LogP contribution is 2.33. The van der Waals surface area contributed by atoms with Crippen molar-refractivity contribution >= 4 is 40.0 Å². The molecule has 0 bridgehead atoms. The summed E-state index contributed by atoms with van der Waals surface area (Å²) in [5.74, 6) is 1.47. The number of carbonyl (C=O) groups is 2. The second-order valence-corrected chi connectivity index (χ2v) is 8.87. The molecule has 6 rings (SSSR count). The van der Waals surface area contributed by atoms with Gasteiger partial charge in [-0.15, -0.1) is 0 Å². The molecule has 2 amide bonds. The van der Waals surface area contributed by atoms with Crippen molar-refractivity contribution in [3.63, 3.8) is 0 Å². The molecule has 0 saturated carbocycles. The molecule has 0 unspecified atom stereocenters. The minimum absolute atomic E-state index is 0.0508. The molecule has 0 saturated heterocycles. The van der Waals surface area contributed by atoms with Crippen LogP contribution in [0.25, 0.3) is 22.0 Å². The zero-order chi connectivity index (χ0) is 24.3. The predicted molar refractivity (Wildman–Crippen MR) is 130 cm³/mol. The van der Waals surface area contributed by atoms with E-state index in [1.807, 2.05) is 25.1 Å². The molecule has 4 aromatic heterocycles. The van der Waals surface area contributed by atoms with Crippen molar-refractivity contribution in [1.29, 1.82) is 0 Å². The van der Waals surface area contributed by atoms with Crippen molar-refractivity contribution in [2.45, 2.75) is 26.4 Å². The molecule has 11 heteroatoms. The van der Waals surface area contributed by atoms with Crippen LogP contribution < -0.4 is 16.4 Å². The number of pyridine rings is 3. The number of aromatic nitrogens is 5. The summed E-state index contributed by atoms with van der Waals surface area (Å²) < 4.78 is 1.71. The number of nitrogen functional groups attached to an aromatic ring is 1. The Morgan fingerprint density at radius 2 is 1.94 bits per heavy atom. The minimum atomic E-state index is -0.0698. The standard InChI is InChI=1S/C24H23N9O2/c1-12-15(8-28-22-17(12)10-32(2)24(22)35)18-5-13-6-19(27-9-16(13)23(25)29-18)30-20-7-14-3-4-26-21(34)11-33(14)31-20/h5-9H,3-4,10-11H2,1-2H3,(H2,25,29)(H,26,34)(H,27,30,31). The number of nitrogens with zero attached hydrogens (tertiary/aromatic N) is 6. The molecule has 0 fully saturated rings. The molecule has 0 aromatic carbocycles. The minimum Gasteiger partial charge on any atom is -0.383 e. The lowest BCUT2D eigenvalue weighted by Gasteiger charge is -2.12. The van der Waals surface area contributed by atoms with Gasteiger partial charge >= 0.3 is 0 Å². The number of nitrogens with two attached hydrogens (primary N) is 1. The SMILES string of the molecule is Cc1c(-c2cc3cc(Nc4cc5n(n4)CC(=O)NCC5)ncc3c(N)n2)cnc2c1CN(C)C2=O. The fraction of sp³-hybridized carbons (Fsp3) is 0.250. The van der Waals surface area contributed by atoms with Gasteiger partial charge in [0.2, 0.25) is 5.91 Å². The first-order valence-electron chi connectivity index (χ1n) is 11.3. The molecule has 2 aliphatic heterocycles. The maximum absolute atomic E-state index is 12.3. The van der Waals surface area contributed by atoms with E-state index in [9.17, 15) is 9.59 Å². The summed E-state index contributed by atoms with van der Waals surface area (Å²) in [7, 11) is 1.77. The number of amides is 2. The van der Waals surface area contributed by atoms with E-state index >= 15 is 0 Å². The van der Waals surface area contributed by atoms with Crippen LogP contribution in [0.4, 0.5) is 17.5 Å². The van der Waals surface area contributed by atoms with Crippen LogP contribution in [-0.2, 0) is 24.3 Å². The summed E-state index contributed by atoms with van der Waals surface area (Å²) in [5.41, 5.74) is 11.2. The van der Waals surface area contributed by atoms with E-state index in [-0.39, 0.29) is 18.4 Å². The lowest BCUT2D eigenvalue weighted by Crippen LogP contribution is -2.25. The maximum Gasteiger partial charge on any atom is 0.272 e. The van der Waals surface area contributed by atoms with Crippen LogP contribution >= 0.6 is 0 Å². The number of rotatable bonds is 3. The van der Waals surface area contributed by atoms with Gasteiger partial charge in [0, 0.05) is 67.2 Å². The Morgan fingerprint density at radius 1 is 1.09 bits per heavy atom. The highest BCUT2D eigenvalue weighted by Gasteiger charge is 2.29. The van der Waals surface area contributed by atoms with E-state index in [4.69, 9.17) is 5.73 Å². The van der Waals surface area contributed by atoms with Crippen molar-refractivity contribution in [3.05, 3.63) is 53.1 Å². The van der Waals surface area contributed by atoms with Gasteiger partial charge in [0.15, 0.2) is 5.82 Å². The van der Waals surface area contributed by atoms with E-state index in [0.717, 1.165) is 33.2 Å². The van der Waals surface area contributed by atoms with E-state index in [0.29, 0.717) is 48.4 Å². The average molecular weight is 470 g/mol. The molecule has 4 aromatic rings. The van der Waals surface area contributed by atoms with E-state index in [1.165, 1.54) is 0 Å². The van der Waals surface area contributed by atoms with Crippen molar-refractivity contribution in [2.24, 2.45) is 0 Å². The number of anilines is 3. The second-order valence-electron chi connectivity index (χ2n) is 8.87. The fourth-order valence-electron chi connectivity index (χ4n) is 4.66. The highest BCUT2D eigenvalue weighted by molar-refractivity contribution is 5.98. The third-order valence-electron chi connectivity index (χ3n) is 6.55. The number of hydrogen-bond acceptors (Lipinski definition) is 8. The Balaban J connectivity index is 1.36. The van der Waals surface area contributed by atoms with Crippen LogP contribution in [0.2, 0.25) is 0 Å². The Kier molecular flexibility index (Phi) is 4.66. The van der Waals surface area contributed by atoms with Gasteiger partial charge in [0.1, 0.15) is 23.9 Å². The van der Waals surface area contributed by atoms with Gasteiger partial charge in [0.05, 0.1) is 5.69 Å². The number of fused-ring (bicyclic) bond motifs is 3. The van der Waals surface area contributed by atoms with Gasteiger partial charge in [-0.1, -0.05) is 0 Å². The van der Waals surface area contributed by atoms with Gasteiger partial charge in [-0.05, 0) is 30.0 Å². The van der Waals surface area contributed by atoms with Crippen LogP contribution in [0.5, 0.6) is 0 Å². The first kappa shape index (κ1) is 21.0. The molecule has 35 heavy (non-hydrogen) atoms. The van der Waals surface area contributed by atoms with Crippen molar-refractivity contribution in [1.82, 2.24) is 34.9 Å². The third-order valence-corrected chi connectivity index (χ3v) is 6.55. The molecule has 176 valence electrons. The van der Waals surface area contributed by atoms with Crippen LogP contribution in [-0.4, -0.2) is 55.0 Å². The first-order valence-corrected chi connectivity index (χ1v) is 11.3. The molecule has 4 N–H and O–H groups in total. The summed E-state index contributed by atoms with van der Waals surface area (Å²) in [5, 5.41) is 12.2. The first-order chi connectivity index (χ1) is 16.9. The largest absolute Gasteiger partial charge is 0.383 e. The van der Waals surface area contributed by atoms with E-state index in [2.05, 4.69) is 30.7 Å². The molecule has 11 nitrogen and oxygen atoms in total. The Morgan fingerprint density at radius 3 is 2.80 bits per heavy atom. The van der Waals surface area contributed by atoms with E-state index < -0.39 is 0 Å². The topological polar surface area (TPSA) is 144 Å². The molecule has 0 atom stereocenters. The van der Waals surface area contributed by atoms with Gasteiger partial charge < -0.3 is 21.3 Å². The van der Waals surface area contributed by atoms with Gasteiger partial charge in [-0.2, -0.15) is 5.10 Å². The summed E-state index contributed by atoms with van der Waals surface area (Å²) in [6, 6.07) is 5.76. The Hall–Kier alpha value is -4.54. The summed E-state index contributed by atoms with van der Waals surface area (Å²) in [6.45, 7) is 3.29. The zero-order valence-electron chi connectivity index (χ0n) is 19.3. The second kappa shape index (κ2) is 7.76. The van der Waals surface area contributed by atoms with Crippen LogP contribution in [0.1, 0.15) is 27.3 Å². The van der Waals surface area contributed by atoms with E-state index in [1.54, 1.807) is 29.0 Å². The van der Waals surface area contributed by atoms with Crippen molar-refractivity contribution in [3.8, 4) is 11.3 Å².